The van der Waals surface area contributed by atoms with Gasteiger partial charge in [-0.2, -0.15) is 0 Å². The predicted octanol–water partition coefficient (Wildman–Crippen LogP) is 3.51. The number of benzene rings is 3. The maximum absolute atomic E-state index is 13.2. The highest BCUT2D eigenvalue weighted by atomic mass is 32.2. The van der Waals surface area contributed by atoms with Crippen LogP contribution in [0.1, 0.15) is 0 Å². The van der Waals surface area contributed by atoms with E-state index in [1.807, 2.05) is 12.1 Å². The summed E-state index contributed by atoms with van der Waals surface area (Å²) in [5.74, 6) is 0.241. The van der Waals surface area contributed by atoms with Crippen molar-refractivity contribution in [3.63, 3.8) is 0 Å². The fourth-order valence-corrected chi connectivity index (χ4v) is 4.91. The highest BCUT2D eigenvalue weighted by molar-refractivity contribution is 7.93. The van der Waals surface area contributed by atoms with Gasteiger partial charge in [-0.3, -0.25) is 9.10 Å². The number of anilines is 2. The van der Waals surface area contributed by atoms with Gasteiger partial charge in [-0.05, 0) is 36.4 Å². The van der Waals surface area contributed by atoms with Gasteiger partial charge in [0, 0.05) is 16.8 Å². The highest BCUT2D eigenvalue weighted by Crippen LogP contribution is 2.42. The van der Waals surface area contributed by atoms with E-state index in [1.54, 1.807) is 67.8 Å². The summed E-state index contributed by atoms with van der Waals surface area (Å²) >= 11 is 0. The smallest absolute Gasteiger partial charge is 0.265 e. The van der Waals surface area contributed by atoms with E-state index in [2.05, 4.69) is 5.32 Å². The number of nitrogens with zero attached hydrogens (tertiary/aromatic N) is 1. The summed E-state index contributed by atoms with van der Waals surface area (Å²) in [6.45, 7) is -0.320. The summed E-state index contributed by atoms with van der Waals surface area (Å²) < 4.78 is 32.6. The Morgan fingerprint density at radius 1 is 0.929 bits per heavy atom. The van der Waals surface area contributed by atoms with Gasteiger partial charge in [0.1, 0.15) is 12.3 Å². The van der Waals surface area contributed by atoms with Gasteiger partial charge in [0.25, 0.3) is 10.0 Å². The molecule has 3 aromatic rings. The number of nitrogens with one attached hydrogen (secondary N) is 1. The lowest BCUT2D eigenvalue weighted by atomic mass is 10.0. The Morgan fingerprint density at radius 2 is 1.57 bits per heavy atom. The Morgan fingerprint density at radius 3 is 2.29 bits per heavy atom. The second kappa shape index (κ2) is 7.01. The number of hydrogen-bond acceptors (Lipinski definition) is 4. The molecule has 0 aliphatic carbocycles. The molecule has 4 rings (SSSR count). The molecular weight excluding hydrogens is 376 g/mol. The molecule has 1 amide bonds. The molecule has 1 N–H and O–H groups in total. The third-order valence-corrected chi connectivity index (χ3v) is 6.40. The monoisotopic (exact) mass is 394 g/mol. The van der Waals surface area contributed by atoms with E-state index < -0.39 is 15.9 Å². The quantitative estimate of drug-likeness (QED) is 0.735. The van der Waals surface area contributed by atoms with Crippen LogP contribution in [0.2, 0.25) is 0 Å². The Kier molecular flexibility index (Phi) is 4.52. The maximum atomic E-state index is 13.2. The fourth-order valence-electron chi connectivity index (χ4n) is 3.26. The number of methoxy groups -OCH3 is 1. The first kappa shape index (κ1) is 18.1. The molecule has 0 spiro atoms. The van der Waals surface area contributed by atoms with E-state index in [0.29, 0.717) is 22.7 Å². The number of carbonyl (C=O) groups excluding carboxylic acids is 1. The van der Waals surface area contributed by atoms with Crippen molar-refractivity contribution >= 4 is 27.3 Å². The molecule has 3 aromatic carbocycles. The molecule has 0 fully saturated rings. The van der Waals surface area contributed by atoms with Crippen molar-refractivity contribution in [3.05, 3.63) is 72.8 Å². The van der Waals surface area contributed by atoms with Gasteiger partial charge in [0.05, 0.1) is 17.7 Å². The molecule has 0 unspecified atom stereocenters. The van der Waals surface area contributed by atoms with Crippen LogP contribution in [0.15, 0.2) is 77.7 Å². The number of carbonyl (C=O) groups is 1. The van der Waals surface area contributed by atoms with Crippen molar-refractivity contribution in [1.29, 1.82) is 0 Å². The molecule has 1 aliphatic heterocycles. The van der Waals surface area contributed by atoms with Crippen molar-refractivity contribution < 1.29 is 17.9 Å². The van der Waals surface area contributed by atoms with Crippen molar-refractivity contribution in [2.45, 2.75) is 4.90 Å². The normalized spacial score (nSPS) is 14.0. The molecule has 0 aromatic heterocycles. The summed E-state index contributed by atoms with van der Waals surface area (Å²) in [5, 5.41) is 2.73. The van der Waals surface area contributed by atoms with Crippen LogP contribution in [0.5, 0.6) is 5.75 Å². The third kappa shape index (κ3) is 3.10. The highest BCUT2D eigenvalue weighted by Gasteiger charge is 2.35. The third-order valence-electron chi connectivity index (χ3n) is 4.58. The molecule has 0 bridgehead atoms. The number of fused-ring (bicyclic) bond motifs is 3. The number of hydrogen-bond donors (Lipinski definition) is 1. The van der Waals surface area contributed by atoms with E-state index in [4.69, 9.17) is 4.74 Å². The topological polar surface area (TPSA) is 75.7 Å². The lowest BCUT2D eigenvalue weighted by molar-refractivity contribution is -0.114. The SMILES string of the molecule is COc1ccc(NC(=O)CN2c3ccccc3-c3ccccc3S2(=O)=O)cc1. The Hall–Kier alpha value is -3.32. The molecule has 6 nitrogen and oxygen atoms in total. The lowest BCUT2D eigenvalue weighted by Crippen LogP contribution is -2.40. The van der Waals surface area contributed by atoms with Crippen LogP contribution in [0.4, 0.5) is 11.4 Å². The van der Waals surface area contributed by atoms with Crippen LogP contribution in [0, 0.1) is 0 Å². The van der Waals surface area contributed by atoms with Gasteiger partial charge in [-0.25, -0.2) is 8.42 Å². The summed E-state index contributed by atoms with van der Waals surface area (Å²) in [5.41, 5.74) is 2.48. The van der Waals surface area contributed by atoms with Gasteiger partial charge in [0.15, 0.2) is 0 Å². The number of rotatable bonds is 4. The van der Waals surface area contributed by atoms with Crippen molar-refractivity contribution in [2.24, 2.45) is 0 Å². The van der Waals surface area contributed by atoms with Crippen molar-refractivity contribution in [1.82, 2.24) is 0 Å². The first-order chi connectivity index (χ1) is 13.5. The van der Waals surface area contributed by atoms with Gasteiger partial charge >= 0.3 is 0 Å². The molecule has 28 heavy (non-hydrogen) atoms. The van der Waals surface area contributed by atoms with Gasteiger partial charge in [-0.15, -0.1) is 0 Å². The first-order valence-electron chi connectivity index (χ1n) is 8.66. The van der Waals surface area contributed by atoms with Crippen LogP contribution in [0.25, 0.3) is 11.1 Å². The van der Waals surface area contributed by atoms with E-state index >= 15 is 0 Å². The second-order valence-electron chi connectivity index (χ2n) is 6.30. The minimum absolute atomic E-state index is 0.200. The van der Waals surface area contributed by atoms with E-state index in [9.17, 15) is 13.2 Å². The van der Waals surface area contributed by atoms with Gasteiger partial charge in [0.2, 0.25) is 5.91 Å². The molecule has 0 saturated heterocycles. The van der Waals surface area contributed by atoms with Crippen LogP contribution < -0.4 is 14.4 Å². The summed E-state index contributed by atoms with van der Waals surface area (Å²) in [6, 6.07) is 20.8. The fraction of sp³-hybridized carbons (Fsp3) is 0.0952. The van der Waals surface area contributed by atoms with Crippen LogP contribution >= 0.6 is 0 Å². The summed E-state index contributed by atoms with van der Waals surface area (Å²) in [7, 11) is -2.28. The number of sulfonamides is 1. The minimum Gasteiger partial charge on any atom is -0.497 e. The summed E-state index contributed by atoms with van der Waals surface area (Å²) in [4.78, 5) is 12.8. The lowest BCUT2D eigenvalue weighted by Gasteiger charge is -2.31. The van der Waals surface area contributed by atoms with E-state index in [-0.39, 0.29) is 11.4 Å². The molecule has 1 heterocycles. The van der Waals surface area contributed by atoms with Gasteiger partial charge in [-0.1, -0.05) is 36.4 Å². The van der Waals surface area contributed by atoms with Crippen LogP contribution in [0.3, 0.4) is 0 Å². The zero-order valence-electron chi connectivity index (χ0n) is 15.1. The number of ether oxygens (including phenoxy) is 1. The number of amides is 1. The van der Waals surface area contributed by atoms with E-state index in [1.165, 1.54) is 0 Å². The molecular formula is C21H18N2O4S. The Bertz CT molecular complexity index is 1140. The maximum Gasteiger partial charge on any atom is 0.265 e. The Labute approximate surface area is 163 Å². The minimum atomic E-state index is -3.84. The zero-order chi connectivity index (χ0) is 19.7. The van der Waals surface area contributed by atoms with E-state index in [0.717, 1.165) is 9.87 Å². The van der Waals surface area contributed by atoms with Crippen LogP contribution in [-0.2, 0) is 14.8 Å². The first-order valence-corrected chi connectivity index (χ1v) is 10.1. The molecule has 0 saturated carbocycles. The summed E-state index contributed by atoms with van der Waals surface area (Å²) in [6.07, 6.45) is 0. The molecule has 1 aliphatic rings. The van der Waals surface area contributed by atoms with Crippen LogP contribution in [-0.4, -0.2) is 28.0 Å². The van der Waals surface area contributed by atoms with Crippen molar-refractivity contribution in [2.75, 3.05) is 23.3 Å². The molecule has 7 heteroatoms. The zero-order valence-corrected chi connectivity index (χ0v) is 15.9. The largest absolute Gasteiger partial charge is 0.497 e. The second-order valence-corrected chi connectivity index (χ2v) is 8.13. The molecule has 0 radical (unpaired) electrons. The average Bonchev–Trinajstić information content (AvgIpc) is 2.72. The number of para-hydroxylation sites is 1. The molecule has 142 valence electrons. The van der Waals surface area contributed by atoms with Crippen molar-refractivity contribution in [3.8, 4) is 16.9 Å². The predicted molar refractivity (Wildman–Crippen MR) is 108 cm³/mol. The standard InChI is InChI=1S/C21H18N2O4S/c1-27-16-12-10-15(11-13-16)22-21(24)14-23-19-8-4-2-6-17(19)18-7-3-5-9-20(18)28(23,25)26/h2-13H,14H2,1H3,(H,22,24). The Balaban J connectivity index is 1.66. The molecule has 0 atom stereocenters. The van der Waals surface area contributed by atoms with Gasteiger partial charge < -0.3 is 10.1 Å². The average molecular weight is 394 g/mol.